The molecule has 0 aromatic heterocycles. The van der Waals surface area contributed by atoms with Gasteiger partial charge in [0.2, 0.25) is 5.91 Å². The Hall–Kier alpha value is -0.730. The van der Waals surface area contributed by atoms with Crippen LogP contribution in [0.3, 0.4) is 0 Å². The van der Waals surface area contributed by atoms with Crippen molar-refractivity contribution in [1.29, 1.82) is 0 Å². The lowest BCUT2D eigenvalue weighted by atomic mass is 10.1. The van der Waals surface area contributed by atoms with Gasteiger partial charge in [0.05, 0.1) is 0 Å². The molecule has 0 spiro atoms. The number of carbonyl (C=O) groups excluding carboxylic acids is 1. The lowest BCUT2D eigenvalue weighted by molar-refractivity contribution is -0.127. The zero-order chi connectivity index (χ0) is 12.3. The van der Waals surface area contributed by atoms with Crippen molar-refractivity contribution in [2.75, 3.05) is 13.1 Å². The molecule has 4 heteroatoms. The van der Waals surface area contributed by atoms with Crippen molar-refractivity contribution in [3.63, 3.8) is 0 Å². The van der Waals surface area contributed by atoms with Crippen molar-refractivity contribution in [2.24, 2.45) is 0 Å². The lowest BCUT2D eigenvalue weighted by Crippen LogP contribution is -2.25. The summed E-state index contributed by atoms with van der Waals surface area (Å²) in [6, 6.07) is 5.59. The molecule has 2 rings (SSSR count). The number of amides is 1. The molecule has 1 saturated heterocycles. The number of nitrogens with zero attached hydrogens (tertiary/aromatic N) is 1. The van der Waals surface area contributed by atoms with Crippen LogP contribution in [0.15, 0.2) is 18.2 Å². The fourth-order valence-corrected chi connectivity index (χ4v) is 2.74. The van der Waals surface area contributed by atoms with Gasteiger partial charge in [0.1, 0.15) is 0 Å². The highest BCUT2D eigenvalue weighted by molar-refractivity contribution is 6.34. The molecule has 0 saturated carbocycles. The second-order valence-corrected chi connectivity index (χ2v) is 5.24. The van der Waals surface area contributed by atoms with Crippen molar-refractivity contribution in [3.05, 3.63) is 33.8 Å². The second-order valence-electron chi connectivity index (χ2n) is 4.37. The molecule has 1 aromatic rings. The number of halogens is 2. The quantitative estimate of drug-likeness (QED) is 0.820. The van der Waals surface area contributed by atoms with E-state index in [1.807, 2.05) is 17.0 Å². The van der Waals surface area contributed by atoms with E-state index in [1.165, 1.54) is 0 Å². The number of carbonyl (C=O) groups is 1. The zero-order valence-corrected chi connectivity index (χ0v) is 11.1. The average molecular weight is 272 g/mol. The molecule has 1 heterocycles. The number of hydrogen-bond donors (Lipinski definition) is 0. The first kappa shape index (κ1) is 12.7. The van der Waals surface area contributed by atoms with Crippen LogP contribution in [0, 0.1) is 0 Å². The van der Waals surface area contributed by atoms with Gasteiger partial charge in [-0.15, -0.1) is 0 Å². The maximum absolute atomic E-state index is 11.4. The van der Waals surface area contributed by atoms with Crippen molar-refractivity contribution < 1.29 is 4.79 Å². The fraction of sp³-hybridized carbons (Fsp3) is 0.462. The van der Waals surface area contributed by atoms with E-state index in [-0.39, 0.29) is 5.91 Å². The van der Waals surface area contributed by atoms with Crippen LogP contribution in [0.2, 0.25) is 10.0 Å². The summed E-state index contributed by atoms with van der Waals surface area (Å²) in [6.45, 7) is 1.75. The molecule has 17 heavy (non-hydrogen) atoms. The summed E-state index contributed by atoms with van der Waals surface area (Å²) < 4.78 is 0. The van der Waals surface area contributed by atoms with Gasteiger partial charge < -0.3 is 4.90 Å². The van der Waals surface area contributed by atoms with Crippen LogP contribution < -0.4 is 0 Å². The van der Waals surface area contributed by atoms with Gasteiger partial charge in [-0.3, -0.25) is 4.79 Å². The predicted octanol–water partition coefficient (Wildman–Crippen LogP) is 3.55. The SMILES string of the molecule is O=C1CCCN1CCCc1cc(Cl)cc(Cl)c1. The number of benzene rings is 1. The minimum atomic E-state index is 0.286. The van der Waals surface area contributed by atoms with Crippen LogP contribution in [0.25, 0.3) is 0 Å². The molecule has 0 N–H and O–H groups in total. The Kier molecular flexibility index (Phi) is 4.30. The standard InChI is InChI=1S/C13H15Cl2NO/c14-11-7-10(8-12(15)9-11)3-1-5-16-6-2-4-13(16)17/h7-9H,1-6H2. The van der Waals surface area contributed by atoms with E-state index in [0.717, 1.165) is 37.9 Å². The molecule has 0 radical (unpaired) electrons. The van der Waals surface area contributed by atoms with Gasteiger partial charge in [0, 0.05) is 29.6 Å². The Morgan fingerprint density at radius 1 is 1.18 bits per heavy atom. The number of hydrogen-bond acceptors (Lipinski definition) is 1. The summed E-state index contributed by atoms with van der Waals surface area (Å²) in [5, 5.41) is 1.34. The van der Waals surface area contributed by atoms with E-state index in [9.17, 15) is 4.79 Å². The third kappa shape index (κ3) is 3.62. The highest BCUT2D eigenvalue weighted by Crippen LogP contribution is 2.20. The highest BCUT2D eigenvalue weighted by Gasteiger charge is 2.18. The Balaban J connectivity index is 1.83. The van der Waals surface area contributed by atoms with Gasteiger partial charge in [-0.05, 0) is 43.0 Å². The summed E-state index contributed by atoms with van der Waals surface area (Å²) in [7, 11) is 0. The minimum absolute atomic E-state index is 0.286. The Labute approximate surface area is 112 Å². The molecule has 2 nitrogen and oxygen atoms in total. The molecular formula is C13H15Cl2NO. The maximum Gasteiger partial charge on any atom is 0.222 e. The van der Waals surface area contributed by atoms with Crippen molar-refractivity contribution in [2.45, 2.75) is 25.7 Å². The molecule has 0 bridgehead atoms. The summed E-state index contributed by atoms with van der Waals surface area (Å²) in [4.78, 5) is 13.3. The normalized spacial score (nSPS) is 15.6. The van der Waals surface area contributed by atoms with Gasteiger partial charge in [-0.1, -0.05) is 23.2 Å². The number of rotatable bonds is 4. The van der Waals surface area contributed by atoms with Crippen LogP contribution >= 0.6 is 23.2 Å². The third-order valence-corrected chi connectivity index (χ3v) is 3.42. The van der Waals surface area contributed by atoms with Gasteiger partial charge in [0.25, 0.3) is 0 Å². The molecule has 0 unspecified atom stereocenters. The fourth-order valence-electron chi connectivity index (χ4n) is 2.17. The summed E-state index contributed by atoms with van der Waals surface area (Å²) >= 11 is 11.9. The van der Waals surface area contributed by atoms with Crippen LogP contribution in [0.5, 0.6) is 0 Å². The van der Waals surface area contributed by atoms with Crippen molar-refractivity contribution in [3.8, 4) is 0 Å². The van der Waals surface area contributed by atoms with Crippen LogP contribution in [0.4, 0.5) is 0 Å². The topological polar surface area (TPSA) is 20.3 Å². The molecule has 1 aromatic carbocycles. The molecule has 1 amide bonds. The zero-order valence-electron chi connectivity index (χ0n) is 9.59. The van der Waals surface area contributed by atoms with E-state index in [0.29, 0.717) is 16.5 Å². The summed E-state index contributed by atoms with van der Waals surface area (Å²) in [5.74, 6) is 0.286. The first-order valence-corrected chi connectivity index (χ1v) is 6.63. The van der Waals surface area contributed by atoms with Gasteiger partial charge in [-0.2, -0.15) is 0 Å². The molecular weight excluding hydrogens is 257 g/mol. The predicted molar refractivity (Wildman–Crippen MR) is 70.6 cm³/mol. The highest BCUT2D eigenvalue weighted by atomic mass is 35.5. The van der Waals surface area contributed by atoms with E-state index < -0.39 is 0 Å². The van der Waals surface area contributed by atoms with E-state index in [4.69, 9.17) is 23.2 Å². The number of likely N-dealkylation sites (tertiary alicyclic amines) is 1. The lowest BCUT2D eigenvalue weighted by Gasteiger charge is -2.15. The summed E-state index contributed by atoms with van der Waals surface area (Å²) in [6.07, 6.45) is 3.58. The molecule has 0 atom stereocenters. The molecule has 1 aliphatic rings. The monoisotopic (exact) mass is 271 g/mol. The Morgan fingerprint density at radius 2 is 1.88 bits per heavy atom. The minimum Gasteiger partial charge on any atom is -0.343 e. The molecule has 1 aliphatic heterocycles. The van der Waals surface area contributed by atoms with Crippen LogP contribution in [-0.2, 0) is 11.2 Å². The van der Waals surface area contributed by atoms with E-state index in [2.05, 4.69) is 0 Å². The first-order chi connectivity index (χ1) is 8.15. The number of aryl methyl sites for hydroxylation is 1. The van der Waals surface area contributed by atoms with Gasteiger partial charge in [0.15, 0.2) is 0 Å². The van der Waals surface area contributed by atoms with Crippen LogP contribution in [-0.4, -0.2) is 23.9 Å². The van der Waals surface area contributed by atoms with Gasteiger partial charge in [-0.25, -0.2) is 0 Å². The maximum atomic E-state index is 11.4. The van der Waals surface area contributed by atoms with Crippen LogP contribution in [0.1, 0.15) is 24.8 Å². The first-order valence-electron chi connectivity index (χ1n) is 5.88. The van der Waals surface area contributed by atoms with Crippen molar-refractivity contribution >= 4 is 29.1 Å². The van der Waals surface area contributed by atoms with Gasteiger partial charge >= 0.3 is 0 Å². The van der Waals surface area contributed by atoms with Crippen molar-refractivity contribution in [1.82, 2.24) is 4.90 Å². The second kappa shape index (κ2) is 5.74. The molecule has 0 aliphatic carbocycles. The summed E-state index contributed by atoms with van der Waals surface area (Å²) in [5.41, 5.74) is 1.13. The molecule has 92 valence electrons. The van der Waals surface area contributed by atoms with E-state index in [1.54, 1.807) is 6.07 Å². The largest absolute Gasteiger partial charge is 0.343 e. The Bertz CT molecular complexity index is 400. The Morgan fingerprint density at radius 3 is 2.47 bits per heavy atom. The average Bonchev–Trinajstić information content (AvgIpc) is 2.63. The third-order valence-electron chi connectivity index (χ3n) is 2.99. The smallest absolute Gasteiger partial charge is 0.222 e. The van der Waals surface area contributed by atoms with E-state index >= 15 is 0 Å². The molecule has 1 fully saturated rings.